The quantitative estimate of drug-likeness (QED) is 0.798. The summed E-state index contributed by atoms with van der Waals surface area (Å²) in [7, 11) is 0. The van der Waals surface area contributed by atoms with Crippen molar-refractivity contribution in [2.75, 3.05) is 6.54 Å². The molecule has 1 N–H and O–H groups in total. The van der Waals surface area contributed by atoms with Gasteiger partial charge in [0.25, 0.3) is 5.91 Å². The second-order valence-electron chi connectivity index (χ2n) is 4.89. The fourth-order valence-corrected chi connectivity index (χ4v) is 2.31. The van der Waals surface area contributed by atoms with E-state index in [0.717, 1.165) is 28.7 Å². The number of carbonyl (C=O) groups is 1. The van der Waals surface area contributed by atoms with Gasteiger partial charge in [0.05, 0.1) is 11.8 Å². The SMILES string of the molecule is O=C(NCCc1coc2ccccc12)c1ccc(F)cc1F. The van der Waals surface area contributed by atoms with E-state index in [0.29, 0.717) is 19.0 Å². The van der Waals surface area contributed by atoms with E-state index in [-0.39, 0.29) is 5.56 Å². The number of para-hydroxylation sites is 1. The van der Waals surface area contributed by atoms with Gasteiger partial charge in [-0.3, -0.25) is 4.79 Å². The van der Waals surface area contributed by atoms with Gasteiger partial charge in [0.2, 0.25) is 0 Å². The Hall–Kier alpha value is -2.69. The van der Waals surface area contributed by atoms with Gasteiger partial charge in [-0.1, -0.05) is 18.2 Å². The van der Waals surface area contributed by atoms with Crippen LogP contribution in [0.4, 0.5) is 8.78 Å². The summed E-state index contributed by atoms with van der Waals surface area (Å²) in [5.74, 6) is -2.14. The maximum atomic E-state index is 13.5. The van der Waals surface area contributed by atoms with Crippen molar-refractivity contribution in [2.45, 2.75) is 6.42 Å². The summed E-state index contributed by atoms with van der Waals surface area (Å²) in [5, 5.41) is 3.61. The predicted octanol–water partition coefficient (Wildman–Crippen LogP) is 3.68. The zero-order valence-corrected chi connectivity index (χ0v) is 11.6. The third-order valence-electron chi connectivity index (χ3n) is 3.42. The second kappa shape index (κ2) is 5.97. The minimum absolute atomic E-state index is 0.168. The zero-order valence-electron chi connectivity index (χ0n) is 11.6. The molecule has 1 heterocycles. The lowest BCUT2D eigenvalue weighted by Crippen LogP contribution is -2.26. The minimum atomic E-state index is -0.869. The average molecular weight is 301 g/mol. The van der Waals surface area contributed by atoms with E-state index < -0.39 is 17.5 Å². The molecule has 5 heteroatoms. The van der Waals surface area contributed by atoms with Crippen LogP contribution in [-0.4, -0.2) is 12.5 Å². The Bertz CT molecular complexity index is 826. The molecule has 3 nitrogen and oxygen atoms in total. The standard InChI is InChI=1S/C17H13F2NO2/c18-12-5-6-14(15(19)9-12)17(21)20-8-7-11-10-22-16-4-2-1-3-13(11)16/h1-6,9-10H,7-8H2,(H,20,21). The number of halogens is 2. The van der Waals surface area contributed by atoms with Crippen LogP contribution in [0.2, 0.25) is 0 Å². The molecule has 3 rings (SSSR count). The van der Waals surface area contributed by atoms with Crippen molar-refractivity contribution < 1.29 is 18.0 Å². The third kappa shape index (κ3) is 2.83. The number of amides is 1. The molecule has 1 amide bonds. The summed E-state index contributed by atoms with van der Waals surface area (Å²) >= 11 is 0. The normalized spacial score (nSPS) is 10.8. The van der Waals surface area contributed by atoms with Crippen molar-refractivity contribution in [2.24, 2.45) is 0 Å². The van der Waals surface area contributed by atoms with E-state index in [9.17, 15) is 13.6 Å². The van der Waals surface area contributed by atoms with Crippen molar-refractivity contribution in [3.63, 3.8) is 0 Å². The van der Waals surface area contributed by atoms with Crippen LogP contribution in [0, 0.1) is 11.6 Å². The van der Waals surface area contributed by atoms with Gasteiger partial charge in [0.15, 0.2) is 0 Å². The Kier molecular flexibility index (Phi) is 3.87. The number of hydrogen-bond donors (Lipinski definition) is 1. The number of nitrogens with one attached hydrogen (secondary N) is 1. The van der Waals surface area contributed by atoms with E-state index >= 15 is 0 Å². The molecular formula is C17H13F2NO2. The largest absolute Gasteiger partial charge is 0.464 e. The minimum Gasteiger partial charge on any atom is -0.464 e. The smallest absolute Gasteiger partial charge is 0.254 e. The van der Waals surface area contributed by atoms with Gasteiger partial charge in [-0.2, -0.15) is 0 Å². The molecule has 0 fully saturated rings. The molecule has 0 unspecified atom stereocenters. The van der Waals surface area contributed by atoms with Crippen molar-refractivity contribution in [1.29, 1.82) is 0 Å². The van der Waals surface area contributed by atoms with Gasteiger partial charge in [-0.15, -0.1) is 0 Å². The van der Waals surface area contributed by atoms with Gasteiger partial charge in [-0.05, 0) is 30.2 Å². The molecule has 1 aromatic heterocycles. The Morgan fingerprint density at radius 3 is 2.77 bits per heavy atom. The zero-order chi connectivity index (χ0) is 15.5. The molecule has 22 heavy (non-hydrogen) atoms. The highest BCUT2D eigenvalue weighted by Crippen LogP contribution is 2.20. The lowest BCUT2D eigenvalue weighted by atomic mass is 10.1. The fourth-order valence-electron chi connectivity index (χ4n) is 2.31. The van der Waals surface area contributed by atoms with E-state index in [1.807, 2.05) is 24.3 Å². The first kappa shape index (κ1) is 14.3. The summed E-state index contributed by atoms with van der Waals surface area (Å²) < 4.78 is 31.7. The van der Waals surface area contributed by atoms with Crippen molar-refractivity contribution in [3.05, 3.63) is 71.5 Å². The van der Waals surface area contributed by atoms with Crippen LogP contribution in [0.15, 0.2) is 53.1 Å². The molecule has 0 saturated heterocycles. The number of carbonyl (C=O) groups excluding carboxylic acids is 1. The van der Waals surface area contributed by atoms with Crippen LogP contribution < -0.4 is 5.32 Å². The van der Waals surface area contributed by atoms with Crippen molar-refractivity contribution in [1.82, 2.24) is 5.32 Å². The van der Waals surface area contributed by atoms with E-state index in [2.05, 4.69) is 5.32 Å². The molecule has 0 aliphatic rings. The van der Waals surface area contributed by atoms with Crippen molar-refractivity contribution in [3.8, 4) is 0 Å². The van der Waals surface area contributed by atoms with Crippen LogP contribution in [-0.2, 0) is 6.42 Å². The molecule has 112 valence electrons. The maximum Gasteiger partial charge on any atom is 0.254 e. The van der Waals surface area contributed by atoms with Crippen LogP contribution in [0.3, 0.4) is 0 Å². The summed E-state index contributed by atoms with van der Waals surface area (Å²) in [6.07, 6.45) is 2.21. The number of rotatable bonds is 4. The van der Waals surface area contributed by atoms with Gasteiger partial charge < -0.3 is 9.73 Å². The van der Waals surface area contributed by atoms with E-state index in [1.54, 1.807) is 6.26 Å². The van der Waals surface area contributed by atoms with Gasteiger partial charge >= 0.3 is 0 Å². The first-order valence-electron chi connectivity index (χ1n) is 6.83. The molecule has 0 spiro atoms. The first-order valence-corrected chi connectivity index (χ1v) is 6.83. The third-order valence-corrected chi connectivity index (χ3v) is 3.42. The molecule has 3 aromatic rings. The molecule has 0 aliphatic carbocycles. The van der Waals surface area contributed by atoms with Gasteiger partial charge in [0.1, 0.15) is 17.2 Å². The molecular weight excluding hydrogens is 288 g/mol. The summed E-state index contributed by atoms with van der Waals surface area (Å²) in [5.41, 5.74) is 1.59. The summed E-state index contributed by atoms with van der Waals surface area (Å²) in [4.78, 5) is 11.9. The van der Waals surface area contributed by atoms with E-state index in [1.165, 1.54) is 0 Å². The Balaban J connectivity index is 1.64. The molecule has 2 aromatic carbocycles. The lowest BCUT2D eigenvalue weighted by Gasteiger charge is -2.05. The summed E-state index contributed by atoms with van der Waals surface area (Å²) in [6.45, 7) is 0.333. The fraction of sp³-hybridized carbons (Fsp3) is 0.118. The highest BCUT2D eigenvalue weighted by Gasteiger charge is 2.12. The molecule has 0 bridgehead atoms. The van der Waals surface area contributed by atoms with Gasteiger partial charge in [0, 0.05) is 18.0 Å². The molecule has 0 radical (unpaired) electrons. The monoisotopic (exact) mass is 301 g/mol. The van der Waals surface area contributed by atoms with E-state index in [4.69, 9.17) is 4.42 Å². The molecule has 0 aliphatic heterocycles. The molecule has 0 atom stereocenters. The highest BCUT2D eigenvalue weighted by molar-refractivity contribution is 5.94. The Labute approximate surface area is 125 Å². The topological polar surface area (TPSA) is 42.2 Å². The number of fused-ring (bicyclic) bond motifs is 1. The van der Waals surface area contributed by atoms with Crippen LogP contribution in [0.5, 0.6) is 0 Å². The second-order valence-corrected chi connectivity index (χ2v) is 4.89. The average Bonchev–Trinajstić information content (AvgIpc) is 2.90. The number of hydrogen-bond acceptors (Lipinski definition) is 2. The van der Waals surface area contributed by atoms with Gasteiger partial charge in [-0.25, -0.2) is 8.78 Å². The predicted molar refractivity (Wildman–Crippen MR) is 78.6 cm³/mol. The Morgan fingerprint density at radius 2 is 1.95 bits per heavy atom. The highest BCUT2D eigenvalue weighted by atomic mass is 19.1. The van der Waals surface area contributed by atoms with Crippen molar-refractivity contribution >= 4 is 16.9 Å². The number of benzene rings is 2. The lowest BCUT2D eigenvalue weighted by molar-refractivity contribution is 0.0950. The molecule has 0 saturated carbocycles. The van der Waals surface area contributed by atoms with Crippen LogP contribution in [0.1, 0.15) is 15.9 Å². The number of furan rings is 1. The Morgan fingerprint density at radius 1 is 1.14 bits per heavy atom. The first-order chi connectivity index (χ1) is 10.6. The van der Waals surface area contributed by atoms with Crippen LogP contribution >= 0.6 is 0 Å². The summed E-state index contributed by atoms with van der Waals surface area (Å²) in [6, 6.07) is 10.5. The maximum absolute atomic E-state index is 13.5. The van der Waals surface area contributed by atoms with Crippen LogP contribution in [0.25, 0.3) is 11.0 Å².